The fourth-order valence-corrected chi connectivity index (χ4v) is 1.35. The highest BCUT2D eigenvalue weighted by Crippen LogP contribution is 2.45. The Labute approximate surface area is 93.1 Å². The van der Waals surface area contributed by atoms with Crippen LogP contribution >= 0.6 is 0 Å². The standard InChI is InChI=1S/C10H14N2O4/c1-14-6-4-5(10(11)12)7(13)9(16-3)8(6)15-2/h4,13H,1-3H3,(H3,11,12). The summed E-state index contributed by atoms with van der Waals surface area (Å²) < 4.78 is 15.1. The van der Waals surface area contributed by atoms with Crippen molar-refractivity contribution in [3.05, 3.63) is 11.6 Å². The molecule has 0 unspecified atom stereocenters. The zero-order chi connectivity index (χ0) is 12.3. The highest BCUT2D eigenvalue weighted by atomic mass is 16.5. The van der Waals surface area contributed by atoms with Crippen LogP contribution in [0.1, 0.15) is 5.56 Å². The van der Waals surface area contributed by atoms with Crippen molar-refractivity contribution in [3.63, 3.8) is 0 Å². The first-order valence-corrected chi connectivity index (χ1v) is 4.43. The predicted molar refractivity (Wildman–Crippen MR) is 58.8 cm³/mol. The largest absolute Gasteiger partial charge is 0.504 e. The molecule has 0 aliphatic heterocycles. The summed E-state index contributed by atoms with van der Waals surface area (Å²) in [5.41, 5.74) is 5.46. The highest BCUT2D eigenvalue weighted by Gasteiger charge is 2.21. The molecule has 1 rings (SSSR count). The lowest BCUT2D eigenvalue weighted by Gasteiger charge is -2.15. The Balaban J connectivity index is 3.54. The molecular formula is C10H14N2O4. The molecule has 0 aliphatic rings. The zero-order valence-electron chi connectivity index (χ0n) is 9.33. The van der Waals surface area contributed by atoms with E-state index in [-0.39, 0.29) is 28.6 Å². The van der Waals surface area contributed by atoms with Gasteiger partial charge in [-0.3, -0.25) is 5.41 Å². The van der Waals surface area contributed by atoms with Crippen LogP contribution in [-0.2, 0) is 0 Å². The van der Waals surface area contributed by atoms with Crippen LogP contribution in [0.15, 0.2) is 6.07 Å². The van der Waals surface area contributed by atoms with Crippen LogP contribution in [0.3, 0.4) is 0 Å². The van der Waals surface area contributed by atoms with Crippen LogP contribution < -0.4 is 19.9 Å². The van der Waals surface area contributed by atoms with Crippen molar-refractivity contribution in [2.24, 2.45) is 5.73 Å². The van der Waals surface area contributed by atoms with Crippen LogP contribution in [0.4, 0.5) is 0 Å². The van der Waals surface area contributed by atoms with Gasteiger partial charge in [-0.2, -0.15) is 0 Å². The molecule has 0 bridgehead atoms. The van der Waals surface area contributed by atoms with Crippen molar-refractivity contribution in [1.82, 2.24) is 0 Å². The van der Waals surface area contributed by atoms with Crippen LogP contribution in [0.25, 0.3) is 0 Å². The summed E-state index contributed by atoms with van der Waals surface area (Å²) in [6, 6.07) is 1.42. The molecule has 16 heavy (non-hydrogen) atoms. The number of amidine groups is 1. The van der Waals surface area contributed by atoms with Crippen molar-refractivity contribution in [1.29, 1.82) is 5.41 Å². The van der Waals surface area contributed by atoms with Gasteiger partial charge in [0.25, 0.3) is 0 Å². The van der Waals surface area contributed by atoms with Crippen LogP contribution in [0, 0.1) is 5.41 Å². The molecule has 88 valence electrons. The molecule has 0 aromatic heterocycles. The van der Waals surface area contributed by atoms with E-state index < -0.39 is 0 Å². The molecule has 0 heterocycles. The third-order valence-corrected chi connectivity index (χ3v) is 2.09. The van der Waals surface area contributed by atoms with Gasteiger partial charge in [0.15, 0.2) is 11.5 Å². The monoisotopic (exact) mass is 226 g/mol. The molecule has 0 radical (unpaired) electrons. The lowest BCUT2D eigenvalue weighted by molar-refractivity contribution is 0.310. The number of ether oxygens (including phenoxy) is 3. The average molecular weight is 226 g/mol. The first kappa shape index (κ1) is 12.0. The van der Waals surface area contributed by atoms with Gasteiger partial charge in [0.2, 0.25) is 11.5 Å². The Morgan fingerprint density at radius 3 is 2.12 bits per heavy atom. The minimum absolute atomic E-state index is 0.0899. The SMILES string of the molecule is COc1cc(C(=N)N)c(O)c(OC)c1OC. The van der Waals surface area contributed by atoms with Crippen LogP contribution in [0.2, 0.25) is 0 Å². The Kier molecular flexibility index (Phi) is 3.44. The normalized spacial score (nSPS) is 9.69. The Hall–Kier alpha value is -2.11. The molecule has 6 heteroatoms. The number of phenols is 1. The minimum atomic E-state index is -0.281. The van der Waals surface area contributed by atoms with E-state index in [1.807, 2.05) is 0 Å². The maximum absolute atomic E-state index is 9.81. The first-order chi connectivity index (χ1) is 7.56. The summed E-state index contributed by atoms with van der Waals surface area (Å²) in [5.74, 6) is 0.159. The Bertz CT molecular complexity index is 418. The number of aromatic hydroxyl groups is 1. The van der Waals surface area contributed by atoms with E-state index in [9.17, 15) is 5.11 Å². The second-order valence-corrected chi connectivity index (χ2v) is 2.96. The molecule has 0 spiro atoms. The molecule has 4 N–H and O–H groups in total. The van der Waals surface area contributed by atoms with E-state index in [0.717, 1.165) is 0 Å². The van der Waals surface area contributed by atoms with Crippen molar-refractivity contribution in [3.8, 4) is 23.0 Å². The Morgan fingerprint density at radius 2 is 1.75 bits per heavy atom. The fourth-order valence-electron chi connectivity index (χ4n) is 1.35. The molecule has 1 aromatic rings. The summed E-state index contributed by atoms with van der Waals surface area (Å²) in [5, 5.41) is 17.1. The van der Waals surface area contributed by atoms with E-state index in [1.165, 1.54) is 27.4 Å². The molecule has 1 aromatic carbocycles. The number of benzene rings is 1. The maximum atomic E-state index is 9.81. The van der Waals surface area contributed by atoms with Gasteiger partial charge >= 0.3 is 0 Å². The second-order valence-electron chi connectivity index (χ2n) is 2.96. The van der Waals surface area contributed by atoms with Gasteiger partial charge in [-0.1, -0.05) is 0 Å². The quantitative estimate of drug-likeness (QED) is 0.518. The maximum Gasteiger partial charge on any atom is 0.207 e. The van der Waals surface area contributed by atoms with Gasteiger partial charge in [0.1, 0.15) is 5.84 Å². The van der Waals surface area contributed by atoms with E-state index in [1.54, 1.807) is 0 Å². The van der Waals surface area contributed by atoms with Crippen molar-refractivity contribution >= 4 is 5.84 Å². The number of rotatable bonds is 4. The number of nitrogen functional groups attached to an aromatic ring is 1. The summed E-state index contributed by atoms with van der Waals surface area (Å²) in [7, 11) is 4.24. The van der Waals surface area contributed by atoms with Crippen LogP contribution in [0.5, 0.6) is 23.0 Å². The number of nitrogens with one attached hydrogen (secondary N) is 1. The summed E-state index contributed by atoms with van der Waals surface area (Å²) in [6.07, 6.45) is 0. The zero-order valence-corrected chi connectivity index (χ0v) is 9.33. The molecule has 0 atom stereocenters. The summed E-state index contributed by atoms with van der Waals surface area (Å²) in [4.78, 5) is 0. The Morgan fingerprint density at radius 1 is 1.19 bits per heavy atom. The van der Waals surface area contributed by atoms with Gasteiger partial charge in [-0.25, -0.2) is 0 Å². The molecule has 0 fully saturated rings. The summed E-state index contributed by atoms with van der Waals surface area (Å²) >= 11 is 0. The van der Waals surface area contributed by atoms with Gasteiger partial charge < -0.3 is 25.1 Å². The number of hydrogen-bond acceptors (Lipinski definition) is 5. The molecule has 0 saturated heterocycles. The van der Waals surface area contributed by atoms with E-state index >= 15 is 0 Å². The van der Waals surface area contributed by atoms with Gasteiger partial charge in [-0.15, -0.1) is 0 Å². The van der Waals surface area contributed by atoms with Gasteiger partial charge in [0, 0.05) is 0 Å². The molecule has 0 aliphatic carbocycles. The van der Waals surface area contributed by atoms with E-state index in [0.29, 0.717) is 5.75 Å². The van der Waals surface area contributed by atoms with Crippen molar-refractivity contribution < 1.29 is 19.3 Å². The van der Waals surface area contributed by atoms with Gasteiger partial charge in [0.05, 0.1) is 26.9 Å². The van der Waals surface area contributed by atoms with E-state index in [2.05, 4.69) is 0 Å². The predicted octanol–water partition coefficient (Wildman–Crippen LogP) is 0.702. The summed E-state index contributed by atoms with van der Waals surface area (Å²) in [6.45, 7) is 0. The molecular weight excluding hydrogens is 212 g/mol. The third kappa shape index (κ3) is 1.81. The van der Waals surface area contributed by atoms with Crippen molar-refractivity contribution in [2.45, 2.75) is 0 Å². The number of nitrogens with two attached hydrogens (primary N) is 1. The molecule has 0 amide bonds. The average Bonchev–Trinajstić information content (AvgIpc) is 2.27. The minimum Gasteiger partial charge on any atom is -0.504 e. The van der Waals surface area contributed by atoms with Gasteiger partial charge in [-0.05, 0) is 6.07 Å². The third-order valence-electron chi connectivity index (χ3n) is 2.09. The van der Waals surface area contributed by atoms with Crippen molar-refractivity contribution in [2.75, 3.05) is 21.3 Å². The number of methoxy groups -OCH3 is 3. The fraction of sp³-hybridized carbons (Fsp3) is 0.300. The highest BCUT2D eigenvalue weighted by molar-refractivity contribution is 5.99. The number of phenolic OH excluding ortho intramolecular Hbond substituents is 1. The smallest absolute Gasteiger partial charge is 0.207 e. The van der Waals surface area contributed by atoms with E-state index in [4.69, 9.17) is 25.4 Å². The van der Waals surface area contributed by atoms with Crippen LogP contribution in [-0.4, -0.2) is 32.3 Å². The lowest BCUT2D eigenvalue weighted by Crippen LogP contribution is -2.12. The lowest BCUT2D eigenvalue weighted by atomic mass is 10.1. The second kappa shape index (κ2) is 4.61. The first-order valence-electron chi connectivity index (χ1n) is 4.43. The topological polar surface area (TPSA) is 97.8 Å². The number of hydrogen-bond donors (Lipinski definition) is 3. The molecule has 6 nitrogen and oxygen atoms in total. The molecule has 0 saturated carbocycles.